The third kappa shape index (κ3) is 4.79. The quantitative estimate of drug-likeness (QED) is 0.406. The normalized spacial score (nSPS) is 18.3. The van der Waals surface area contributed by atoms with E-state index in [1.165, 1.54) is 24.8 Å². The van der Waals surface area contributed by atoms with Gasteiger partial charge in [0.2, 0.25) is 0 Å². The van der Waals surface area contributed by atoms with Crippen LogP contribution in [0.3, 0.4) is 0 Å². The lowest BCUT2D eigenvalue weighted by atomic mass is 9.96. The number of rotatable bonds is 5. The second-order valence-electron chi connectivity index (χ2n) is 9.36. The summed E-state index contributed by atoms with van der Waals surface area (Å²) in [6, 6.07) is 18.1. The van der Waals surface area contributed by atoms with E-state index >= 15 is 0 Å². The van der Waals surface area contributed by atoms with Crippen LogP contribution in [-0.4, -0.2) is 38.1 Å². The first kappa shape index (κ1) is 22.8. The van der Waals surface area contributed by atoms with Gasteiger partial charge >= 0.3 is 0 Å². The van der Waals surface area contributed by atoms with Crippen molar-refractivity contribution in [1.82, 2.24) is 20.1 Å². The van der Waals surface area contributed by atoms with Crippen LogP contribution in [0.25, 0.3) is 22.0 Å². The van der Waals surface area contributed by atoms with Crippen LogP contribution in [-0.2, 0) is 6.54 Å². The molecule has 176 valence electrons. The van der Waals surface area contributed by atoms with Crippen LogP contribution in [0, 0.1) is 11.3 Å². The fraction of sp³-hybridized carbons (Fsp3) is 0.286. The molecular formula is C28H28N6O. The number of benzene rings is 2. The molecule has 0 aliphatic carbocycles. The SMILES string of the molecule is C[C@@H]1CCC[C@H](C)N1Cc1cncc(-c2ccc3[nH]nc(C(=O)Nc4ccc(C#N)cc4)c3c2)c1. The molecule has 7 nitrogen and oxygen atoms in total. The van der Waals surface area contributed by atoms with Crippen molar-refractivity contribution in [3.63, 3.8) is 0 Å². The summed E-state index contributed by atoms with van der Waals surface area (Å²) in [5.74, 6) is -0.307. The summed E-state index contributed by atoms with van der Waals surface area (Å²) in [6.07, 6.45) is 7.58. The minimum absolute atomic E-state index is 0.307. The van der Waals surface area contributed by atoms with Crippen molar-refractivity contribution in [2.75, 3.05) is 5.32 Å². The standard InChI is InChI=1S/C28H28N6O/c1-18-4-3-5-19(2)34(18)17-21-12-23(16-30-15-21)22-8-11-26-25(13-22)27(33-32-26)28(35)31-24-9-6-20(14-29)7-10-24/h6-13,15-16,18-19H,3-5,17H2,1-2H3,(H,31,35)(H,32,33)/t18-,19+. The first-order valence-electron chi connectivity index (χ1n) is 12.0. The molecule has 2 aromatic heterocycles. The first-order valence-corrected chi connectivity index (χ1v) is 12.0. The second kappa shape index (κ2) is 9.69. The third-order valence-electron chi connectivity index (χ3n) is 6.92. The Balaban J connectivity index is 1.40. The van der Waals surface area contributed by atoms with Crippen molar-refractivity contribution in [1.29, 1.82) is 5.26 Å². The number of pyridine rings is 1. The second-order valence-corrected chi connectivity index (χ2v) is 9.36. The molecule has 1 aliphatic heterocycles. The zero-order valence-electron chi connectivity index (χ0n) is 20.0. The number of carbonyl (C=O) groups is 1. The number of nitrogens with one attached hydrogen (secondary N) is 2. The minimum Gasteiger partial charge on any atom is -0.321 e. The fourth-order valence-corrected chi connectivity index (χ4v) is 4.91. The molecule has 0 unspecified atom stereocenters. The van der Waals surface area contributed by atoms with Crippen molar-refractivity contribution < 1.29 is 4.79 Å². The molecular weight excluding hydrogens is 436 g/mol. The van der Waals surface area contributed by atoms with E-state index in [0.717, 1.165) is 28.6 Å². The summed E-state index contributed by atoms with van der Waals surface area (Å²) in [7, 11) is 0. The lowest BCUT2D eigenvalue weighted by Crippen LogP contribution is -2.42. The number of likely N-dealkylation sites (tertiary alicyclic amines) is 1. The van der Waals surface area contributed by atoms with Crippen molar-refractivity contribution in [3.8, 4) is 17.2 Å². The zero-order chi connectivity index (χ0) is 24.4. The Bertz CT molecular complexity index is 1390. The van der Waals surface area contributed by atoms with Gasteiger partial charge in [0, 0.05) is 47.7 Å². The van der Waals surface area contributed by atoms with E-state index in [-0.39, 0.29) is 5.91 Å². The van der Waals surface area contributed by atoms with E-state index < -0.39 is 0 Å². The molecule has 0 spiro atoms. The van der Waals surface area contributed by atoms with Crippen molar-refractivity contribution >= 4 is 22.5 Å². The number of nitrogens with zero attached hydrogens (tertiary/aromatic N) is 4. The van der Waals surface area contributed by atoms with Crippen LogP contribution >= 0.6 is 0 Å². The molecule has 1 aliphatic rings. The molecule has 0 bridgehead atoms. The molecule has 1 fully saturated rings. The topological polar surface area (TPSA) is 97.7 Å². The predicted molar refractivity (Wildman–Crippen MR) is 137 cm³/mol. The minimum atomic E-state index is -0.307. The molecule has 0 saturated carbocycles. The highest BCUT2D eigenvalue weighted by Crippen LogP contribution is 2.28. The maximum absolute atomic E-state index is 13.0. The number of fused-ring (bicyclic) bond motifs is 1. The van der Waals surface area contributed by atoms with E-state index in [2.05, 4.69) is 51.4 Å². The molecule has 5 rings (SSSR count). The summed E-state index contributed by atoms with van der Waals surface area (Å²) in [4.78, 5) is 20.0. The van der Waals surface area contributed by atoms with E-state index in [1.807, 2.05) is 30.6 Å². The largest absolute Gasteiger partial charge is 0.321 e. The van der Waals surface area contributed by atoms with Gasteiger partial charge in [-0.2, -0.15) is 10.4 Å². The number of anilines is 1. The number of piperidine rings is 1. The van der Waals surface area contributed by atoms with Crippen LogP contribution in [0.1, 0.15) is 54.7 Å². The van der Waals surface area contributed by atoms with Gasteiger partial charge in [0.05, 0.1) is 17.1 Å². The first-order chi connectivity index (χ1) is 17.0. The fourth-order valence-electron chi connectivity index (χ4n) is 4.91. The predicted octanol–water partition coefficient (Wildman–Crippen LogP) is 5.51. The summed E-state index contributed by atoms with van der Waals surface area (Å²) >= 11 is 0. The van der Waals surface area contributed by atoms with Gasteiger partial charge in [0.1, 0.15) is 0 Å². The highest BCUT2D eigenvalue weighted by Gasteiger charge is 2.24. The van der Waals surface area contributed by atoms with Gasteiger partial charge in [-0.25, -0.2) is 0 Å². The number of carbonyl (C=O) groups excluding carboxylic acids is 1. The number of amides is 1. The molecule has 4 aromatic rings. The molecule has 1 amide bonds. The molecule has 2 N–H and O–H groups in total. The van der Waals surface area contributed by atoms with Crippen LogP contribution in [0.2, 0.25) is 0 Å². The number of nitriles is 1. The van der Waals surface area contributed by atoms with Crippen molar-refractivity contribution in [2.24, 2.45) is 0 Å². The highest BCUT2D eigenvalue weighted by molar-refractivity contribution is 6.11. The number of hydrogen-bond donors (Lipinski definition) is 2. The van der Waals surface area contributed by atoms with Crippen molar-refractivity contribution in [3.05, 3.63) is 77.7 Å². The van der Waals surface area contributed by atoms with Gasteiger partial charge in [-0.1, -0.05) is 12.5 Å². The summed E-state index contributed by atoms with van der Waals surface area (Å²) < 4.78 is 0. The maximum Gasteiger partial charge on any atom is 0.276 e. The number of aromatic amines is 1. The molecule has 35 heavy (non-hydrogen) atoms. The third-order valence-corrected chi connectivity index (χ3v) is 6.92. The Hall–Kier alpha value is -4.02. The summed E-state index contributed by atoms with van der Waals surface area (Å²) in [5.41, 5.74) is 5.46. The number of hydrogen-bond acceptors (Lipinski definition) is 5. The van der Waals surface area contributed by atoms with Gasteiger partial charge in [-0.3, -0.25) is 19.8 Å². The smallest absolute Gasteiger partial charge is 0.276 e. The van der Waals surface area contributed by atoms with Crippen LogP contribution < -0.4 is 5.32 Å². The highest BCUT2D eigenvalue weighted by atomic mass is 16.1. The van der Waals surface area contributed by atoms with E-state index in [9.17, 15) is 4.79 Å². The lowest BCUT2D eigenvalue weighted by molar-refractivity contribution is 0.0952. The molecule has 3 heterocycles. The van der Waals surface area contributed by atoms with Gasteiger partial charge in [0.15, 0.2) is 5.69 Å². The molecule has 1 saturated heterocycles. The number of aromatic nitrogens is 3. The van der Waals surface area contributed by atoms with Crippen LogP contribution in [0.5, 0.6) is 0 Å². The Morgan fingerprint density at radius 2 is 1.86 bits per heavy atom. The van der Waals surface area contributed by atoms with E-state index in [1.54, 1.807) is 24.3 Å². The number of H-pyrrole nitrogens is 1. The van der Waals surface area contributed by atoms with E-state index in [4.69, 9.17) is 5.26 Å². The monoisotopic (exact) mass is 464 g/mol. The Kier molecular flexibility index (Phi) is 6.30. The zero-order valence-corrected chi connectivity index (χ0v) is 20.0. The lowest BCUT2D eigenvalue weighted by Gasteiger charge is -2.39. The molecule has 2 aromatic carbocycles. The Morgan fingerprint density at radius 3 is 2.60 bits per heavy atom. The summed E-state index contributed by atoms with van der Waals surface area (Å²) in [6.45, 7) is 5.50. The van der Waals surface area contributed by atoms with Gasteiger partial charge in [0.25, 0.3) is 5.91 Å². The molecule has 0 radical (unpaired) electrons. The van der Waals surface area contributed by atoms with Gasteiger partial charge in [-0.15, -0.1) is 0 Å². The molecule has 7 heteroatoms. The average molecular weight is 465 g/mol. The van der Waals surface area contributed by atoms with E-state index in [0.29, 0.717) is 29.0 Å². The Morgan fingerprint density at radius 1 is 1.09 bits per heavy atom. The van der Waals surface area contributed by atoms with Gasteiger partial charge in [-0.05, 0) is 80.3 Å². The van der Waals surface area contributed by atoms with Crippen LogP contribution in [0.15, 0.2) is 60.9 Å². The van der Waals surface area contributed by atoms with Gasteiger partial charge < -0.3 is 5.32 Å². The van der Waals surface area contributed by atoms with Crippen molar-refractivity contribution in [2.45, 2.75) is 51.7 Å². The maximum atomic E-state index is 13.0. The Labute approximate surface area is 204 Å². The average Bonchev–Trinajstić information content (AvgIpc) is 3.30. The van der Waals surface area contributed by atoms with Crippen LogP contribution in [0.4, 0.5) is 5.69 Å². The molecule has 2 atom stereocenters. The summed E-state index contributed by atoms with van der Waals surface area (Å²) in [5, 5.41) is 19.8.